The molecular weight excluding hydrogens is 228 g/mol. The Balaban J connectivity index is 1.88. The van der Waals surface area contributed by atoms with E-state index in [0.717, 1.165) is 18.5 Å². The van der Waals surface area contributed by atoms with Crippen molar-refractivity contribution in [2.45, 2.75) is 13.0 Å². The second-order valence-electron chi connectivity index (χ2n) is 4.80. The molecule has 0 unspecified atom stereocenters. The predicted molar refractivity (Wildman–Crippen MR) is 69.3 cm³/mol. The highest BCUT2D eigenvalue weighted by Crippen LogP contribution is 2.27. The minimum Gasteiger partial charge on any atom is -0.384 e. The number of nitrogens with one attached hydrogen (secondary N) is 1. The molecule has 1 aromatic heterocycles. The molecule has 1 aromatic carbocycles. The summed E-state index contributed by atoms with van der Waals surface area (Å²) in [5.41, 5.74) is 3.53. The van der Waals surface area contributed by atoms with Gasteiger partial charge in [-0.2, -0.15) is 4.98 Å². The molecule has 0 radical (unpaired) electrons. The van der Waals surface area contributed by atoms with Crippen LogP contribution in [-0.2, 0) is 13.0 Å². The molecule has 0 amide bonds. The normalized spacial score (nSPS) is 13.7. The fraction of sp³-hybridized carbons (Fsp3) is 0.385. The molecule has 18 heavy (non-hydrogen) atoms. The van der Waals surface area contributed by atoms with Crippen LogP contribution in [0.5, 0.6) is 0 Å². The van der Waals surface area contributed by atoms with Crippen molar-refractivity contribution < 1.29 is 4.52 Å². The van der Waals surface area contributed by atoms with Crippen molar-refractivity contribution in [3.05, 3.63) is 29.6 Å². The van der Waals surface area contributed by atoms with E-state index in [2.05, 4.69) is 27.6 Å². The fourth-order valence-corrected chi connectivity index (χ4v) is 2.16. The van der Waals surface area contributed by atoms with Crippen molar-refractivity contribution in [1.29, 1.82) is 0 Å². The SMILES string of the molecule is CN(C)Cc1noc(-c2ccc3c(c2)CCN3)n1. The van der Waals surface area contributed by atoms with Crippen LogP contribution < -0.4 is 5.32 Å². The van der Waals surface area contributed by atoms with Gasteiger partial charge in [0, 0.05) is 17.8 Å². The van der Waals surface area contributed by atoms with Crippen LogP contribution in [0.25, 0.3) is 11.5 Å². The number of anilines is 1. The second-order valence-corrected chi connectivity index (χ2v) is 4.80. The maximum Gasteiger partial charge on any atom is 0.257 e. The van der Waals surface area contributed by atoms with Crippen LogP contribution in [0.2, 0.25) is 0 Å². The van der Waals surface area contributed by atoms with Gasteiger partial charge in [-0.15, -0.1) is 0 Å². The number of hydrogen-bond donors (Lipinski definition) is 1. The molecular formula is C13H16N4O. The van der Waals surface area contributed by atoms with Crippen molar-refractivity contribution in [2.24, 2.45) is 0 Å². The Bertz CT molecular complexity index is 562. The van der Waals surface area contributed by atoms with Gasteiger partial charge in [0.25, 0.3) is 5.89 Å². The molecule has 0 aliphatic carbocycles. The molecule has 0 atom stereocenters. The van der Waals surface area contributed by atoms with E-state index < -0.39 is 0 Å². The summed E-state index contributed by atoms with van der Waals surface area (Å²) in [6.07, 6.45) is 1.06. The lowest BCUT2D eigenvalue weighted by Crippen LogP contribution is -2.11. The Morgan fingerprint density at radius 3 is 3.11 bits per heavy atom. The highest BCUT2D eigenvalue weighted by Gasteiger charge is 2.14. The van der Waals surface area contributed by atoms with Crippen LogP contribution in [0.15, 0.2) is 22.7 Å². The summed E-state index contributed by atoms with van der Waals surface area (Å²) in [5, 5.41) is 7.32. The third kappa shape index (κ3) is 2.09. The summed E-state index contributed by atoms with van der Waals surface area (Å²) in [5.74, 6) is 1.31. The number of nitrogens with zero attached hydrogens (tertiary/aromatic N) is 3. The molecule has 1 N–H and O–H groups in total. The van der Waals surface area contributed by atoms with Gasteiger partial charge in [-0.25, -0.2) is 0 Å². The lowest BCUT2D eigenvalue weighted by Gasteiger charge is -2.03. The molecule has 0 fully saturated rings. The van der Waals surface area contributed by atoms with Crippen LogP contribution in [0, 0.1) is 0 Å². The van der Waals surface area contributed by atoms with Crippen molar-refractivity contribution in [3.63, 3.8) is 0 Å². The smallest absolute Gasteiger partial charge is 0.257 e. The zero-order valence-corrected chi connectivity index (χ0v) is 10.6. The first-order valence-electron chi connectivity index (χ1n) is 6.07. The summed E-state index contributed by atoms with van der Waals surface area (Å²) < 4.78 is 5.30. The number of benzene rings is 1. The Labute approximate surface area is 106 Å². The Hall–Kier alpha value is -1.88. The minimum absolute atomic E-state index is 0.599. The number of hydrogen-bond acceptors (Lipinski definition) is 5. The van der Waals surface area contributed by atoms with Crippen LogP contribution >= 0.6 is 0 Å². The summed E-state index contributed by atoms with van der Waals surface area (Å²) >= 11 is 0. The molecule has 3 rings (SSSR count). The number of aromatic nitrogens is 2. The molecule has 0 saturated carbocycles. The summed E-state index contributed by atoms with van der Waals surface area (Å²) in [6, 6.07) is 6.22. The third-order valence-corrected chi connectivity index (χ3v) is 2.99. The van der Waals surface area contributed by atoms with Crippen molar-refractivity contribution in [3.8, 4) is 11.5 Å². The number of rotatable bonds is 3. The van der Waals surface area contributed by atoms with Crippen LogP contribution in [0.3, 0.4) is 0 Å². The summed E-state index contributed by atoms with van der Waals surface area (Å²) in [4.78, 5) is 6.42. The molecule has 0 bridgehead atoms. The van der Waals surface area contributed by atoms with Gasteiger partial charge in [0.1, 0.15) is 0 Å². The van der Waals surface area contributed by atoms with Crippen LogP contribution in [0.1, 0.15) is 11.4 Å². The first kappa shape index (κ1) is 11.2. The van der Waals surface area contributed by atoms with E-state index in [9.17, 15) is 0 Å². The monoisotopic (exact) mass is 244 g/mol. The predicted octanol–water partition coefficient (Wildman–Crippen LogP) is 1.77. The molecule has 1 aliphatic heterocycles. The molecule has 2 aromatic rings. The summed E-state index contributed by atoms with van der Waals surface area (Å²) in [7, 11) is 3.97. The molecule has 5 nitrogen and oxygen atoms in total. The Morgan fingerprint density at radius 1 is 1.39 bits per heavy atom. The van der Waals surface area contributed by atoms with E-state index in [1.54, 1.807) is 0 Å². The van der Waals surface area contributed by atoms with Gasteiger partial charge in [-0.1, -0.05) is 5.16 Å². The van der Waals surface area contributed by atoms with E-state index in [0.29, 0.717) is 18.3 Å². The average molecular weight is 244 g/mol. The van der Waals surface area contributed by atoms with Gasteiger partial charge in [-0.05, 0) is 44.3 Å². The van der Waals surface area contributed by atoms with Gasteiger partial charge < -0.3 is 14.7 Å². The molecule has 1 aliphatic rings. The molecule has 0 saturated heterocycles. The zero-order valence-electron chi connectivity index (χ0n) is 10.6. The van der Waals surface area contributed by atoms with E-state index in [1.807, 2.05) is 25.1 Å². The van der Waals surface area contributed by atoms with Crippen molar-refractivity contribution in [1.82, 2.24) is 15.0 Å². The Kier molecular flexibility index (Phi) is 2.76. The molecule has 5 heteroatoms. The summed E-state index contributed by atoms with van der Waals surface area (Å²) in [6.45, 7) is 1.70. The average Bonchev–Trinajstić information content (AvgIpc) is 2.95. The zero-order chi connectivity index (χ0) is 12.5. The van der Waals surface area contributed by atoms with Crippen LogP contribution in [-0.4, -0.2) is 35.7 Å². The lowest BCUT2D eigenvalue weighted by atomic mass is 10.1. The van der Waals surface area contributed by atoms with E-state index in [1.165, 1.54) is 11.3 Å². The second kappa shape index (κ2) is 4.42. The lowest BCUT2D eigenvalue weighted by molar-refractivity contribution is 0.365. The van der Waals surface area contributed by atoms with Gasteiger partial charge in [-0.3, -0.25) is 0 Å². The fourth-order valence-electron chi connectivity index (χ4n) is 2.16. The van der Waals surface area contributed by atoms with Crippen molar-refractivity contribution >= 4 is 5.69 Å². The third-order valence-electron chi connectivity index (χ3n) is 2.99. The maximum absolute atomic E-state index is 5.30. The van der Waals surface area contributed by atoms with Gasteiger partial charge >= 0.3 is 0 Å². The minimum atomic E-state index is 0.599. The first-order chi connectivity index (χ1) is 8.72. The molecule has 0 spiro atoms. The van der Waals surface area contributed by atoms with Crippen molar-refractivity contribution in [2.75, 3.05) is 26.0 Å². The van der Waals surface area contributed by atoms with E-state index in [-0.39, 0.29) is 0 Å². The number of fused-ring (bicyclic) bond motifs is 1. The van der Waals surface area contributed by atoms with Gasteiger partial charge in [0.15, 0.2) is 5.82 Å². The molecule has 94 valence electrons. The highest BCUT2D eigenvalue weighted by molar-refractivity contribution is 5.64. The maximum atomic E-state index is 5.30. The van der Waals surface area contributed by atoms with Gasteiger partial charge in [0.2, 0.25) is 0 Å². The van der Waals surface area contributed by atoms with Crippen LogP contribution in [0.4, 0.5) is 5.69 Å². The van der Waals surface area contributed by atoms with E-state index in [4.69, 9.17) is 4.52 Å². The van der Waals surface area contributed by atoms with Gasteiger partial charge in [0.05, 0.1) is 6.54 Å². The quantitative estimate of drug-likeness (QED) is 0.891. The standard InChI is InChI=1S/C13H16N4O/c1-17(2)8-12-15-13(18-16-12)10-3-4-11-9(7-10)5-6-14-11/h3-4,7,14H,5-6,8H2,1-2H3. The topological polar surface area (TPSA) is 54.2 Å². The van der Waals surface area contributed by atoms with E-state index >= 15 is 0 Å². The largest absolute Gasteiger partial charge is 0.384 e. The molecule has 2 heterocycles. The first-order valence-corrected chi connectivity index (χ1v) is 6.07. The highest BCUT2D eigenvalue weighted by atomic mass is 16.5. The Morgan fingerprint density at radius 2 is 2.28 bits per heavy atom.